The molecule has 0 bridgehead atoms. The predicted molar refractivity (Wildman–Crippen MR) is 68.5 cm³/mol. The van der Waals surface area contributed by atoms with Crippen molar-refractivity contribution in [3.05, 3.63) is 23.5 Å². The van der Waals surface area contributed by atoms with Crippen molar-refractivity contribution in [3.8, 4) is 0 Å². The van der Waals surface area contributed by atoms with E-state index in [-0.39, 0.29) is 11.1 Å². The van der Waals surface area contributed by atoms with Gasteiger partial charge in [0, 0.05) is 17.4 Å². The summed E-state index contributed by atoms with van der Waals surface area (Å²) in [4.78, 5) is 15.1. The van der Waals surface area contributed by atoms with Gasteiger partial charge in [-0.25, -0.2) is 4.79 Å². The molecule has 4 heteroatoms. The minimum absolute atomic E-state index is 0.0853. The van der Waals surface area contributed by atoms with Gasteiger partial charge in [0.1, 0.15) is 5.56 Å². The van der Waals surface area contributed by atoms with E-state index in [0.717, 1.165) is 18.5 Å². The van der Waals surface area contributed by atoms with Crippen LogP contribution in [0.2, 0.25) is 0 Å². The Balaban J connectivity index is 3.12. The molecule has 1 aromatic rings. The highest BCUT2D eigenvalue weighted by molar-refractivity contribution is 5.94. The van der Waals surface area contributed by atoms with Gasteiger partial charge in [0.25, 0.3) is 0 Å². The summed E-state index contributed by atoms with van der Waals surface area (Å²) >= 11 is 0. The van der Waals surface area contributed by atoms with Gasteiger partial charge in [0.05, 0.1) is 5.69 Å². The lowest BCUT2D eigenvalue weighted by molar-refractivity contribution is 0.0697. The van der Waals surface area contributed by atoms with Crippen LogP contribution in [0, 0.1) is 6.92 Å². The molecule has 0 saturated heterocycles. The number of hydrogen-bond donors (Lipinski definition) is 2. The second-order valence-corrected chi connectivity index (χ2v) is 4.57. The maximum atomic E-state index is 11.1. The van der Waals surface area contributed by atoms with Crippen molar-refractivity contribution in [2.24, 2.45) is 0 Å². The molecule has 0 amide bonds. The number of aromatic nitrogens is 1. The van der Waals surface area contributed by atoms with E-state index in [1.54, 1.807) is 6.07 Å². The number of hydrogen-bond acceptors (Lipinski definition) is 3. The average molecular weight is 236 g/mol. The summed E-state index contributed by atoms with van der Waals surface area (Å²) in [6.45, 7) is 8.12. The monoisotopic (exact) mass is 236 g/mol. The number of nitrogens with one attached hydrogen (secondary N) is 1. The molecule has 0 aromatic carbocycles. The Morgan fingerprint density at radius 2 is 2.06 bits per heavy atom. The lowest BCUT2D eigenvalue weighted by atomic mass is 9.94. The summed E-state index contributed by atoms with van der Waals surface area (Å²) in [5.41, 5.74) is 1.60. The molecule has 4 nitrogen and oxygen atoms in total. The van der Waals surface area contributed by atoms with Gasteiger partial charge in [-0.15, -0.1) is 0 Å². The van der Waals surface area contributed by atoms with Crippen molar-refractivity contribution >= 4 is 11.7 Å². The molecule has 0 radical (unpaired) electrons. The largest absolute Gasteiger partial charge is 0.478 e. The number of aryl methyl sites for hydroxylation is 1. The maximum absolute atomic E-state index is 11.1. The standard InChI is InChI=1S/C13H20N2O2/c1-5-13(4,6-2)15-11-7-9(3)14-8-10(11)12(16)17/h7-8H,5-6H2,1-4H3,(H,14,15)(H,16,17). The molecule has 1 aromatic heterocycles. The van der Waals surface area contributed by atoms with Gasteiger partial charge < -0.3 is 10.4 Å². The zero-order chi connectivity index (χ0) is 13.1. The van der Waals surface area contributed by atoms with Crippen LogP contribution in [0.15, 0.2) is 12.3 Å². The summed E-state index contributed by atoms with van der Waals surface area (Å²) < 4.78 is 0. The fourth-order valence-corrected chi connectivity index (χ4v) is 1.59. The van der Waals surface area contributed by atoms with Crippen LogP contribution < -0.4 is 5.32 Å². The molecule has 0 aliphatic carbocycles. The molecule has 0 saturated carbocycles. The Kier molecular flexibility index (Phi) is 4.10. The van der Waals surface area contributed by atoms with E-state index in [1.165, 1.54) is 6.20 Å². The molecule has 17 heavy (non-hydrogen) atoms. The highest BCUT2D eigenvalue weighted by Gasteiger charge is 2.22. The fraction of sp³-hybridized carbons (Fsp3) is 0.538. The quantitative estimate of drug-likeness (QED) is 0.824. The number of carbonyl (C=O) groups is 1. The molecule has 94 valence electrons. The number of nitrogens with zero attached hydrogens (tertiary/aromatic N) is 1. The summed E-state index contributed by atoms with van der Waals surface area (Å²) in [6, 6.07) is 1.78. The fourth-order valence-electron chi connectivity index (χ4n) is 1.59. The van der Waals surface area contributed by atoms with Crippen molar-refractivity contribution in [2.45, 2.75) is 46.1 Å². The van der Waals surface area contributed by atoms with Gasteiger partial charge in [-0.1, -0.05) is 13.8 Å². The minimum Gasteiger partial charge on any atom is -0.478 e. The van der Waals surface area contributed by atoms with E-state index in [9.17, 15) is 4.79 Å². The van der Waals surface area contributed by atoms with E-state index in [1.807, 2.05) is 6.92 Å². The molecule has 1 rings (SSSR count). The number of carboxylic acids is 1. The predicted octanol–water partition coefficient (Wildman–Crippen LogP) is 3.08. The molecule has 0 spiro atoms. The SMILES string of the molecule is CCC(C)(CC)Nc1cc(C)ncc1C(=O)O. The molecule has 0 fully saturated rings. The zero-order valence-corrected chi connectivity index (χ0v) is 10.9. The maximum Gasteiger partial charge on any atom is 0.339 e. The molecule has 0 unspecified atom stereocenters. The normalized spacial score (nSPS) is 11.3. The van der Waals surface area contributed by atoms with Crippen LogP contribution in [0.1, 0.15) is 49.7 Å². The third-order valence-corrected chi connectivity index (χ3v) is 3.27. The van der Waals surface area contributed by atoms with Crippen LogP contribution >= 0.6 is 0 Å². The van der Waals surface area contributed by atoms with Gasteiger partial charge in [-0.3, -0.25) is 4.98 Å². The second-order valence-electron chi connectivity index (χ2n) is 4.57. The lowest BCUT2D eigenvalue weighted by Crippen LogP contribution is -2.33. The van der Waals surface area contributed by atoms with Gasteiger partial charge in [0.2, 0.25) is 0 Å². The van der Waals surface area contributed by atoms with Crippen molar-refractivity contribution in [1.29, 1.82) is 0 Å². The Labute approximate surface area is 102 Å². The smallest absolute Gasteiger partial charge is 0.339 e. The summed E-state index contributed by atoms with van der Waals surface area (Å²) in [7, 11) is 0. The summed E-state index contributed by atoms with van der Waals surface area (Å²) in [6.07, 6.45) is 3.28. The summed E-state index contributed by atoms with van der Waals surface area (Å²) in [5.74, 6) is -0.949. The van der Waals surface area contributed by atoms with Crippen LogP contribution in [0.4, 0.5) is 5.69 Å². The first kappa shape index (κ1) is 13.5. The number of carboxylic acid groups (broad SMARTS) is 1. The Hall–Kier alpha value is -1.58. The van der Waals surface area contributed by atoms with Gasteiger partial charge in [-0.05, 0) is 32.8 Å². The van der Waals surface area contributed by atoms with Crippen LogP contribution in [0.3, 0.4) is 0 Å². The zero-order valence-electron chi connectivity index (χ0n) is 10.9. The number of anilines is 1. The Morgan fingerprint density at radius 1 is 1.47 bits per heavy atom. The van der Waals surface area contributed by atoms with Crippen molar-refractivity contribution in [3.63, 3.8) is 0 Å². The van der Waals surface area contributed by atoms with E-state index in [4.69, 9.17) is 5.11 Å². The third-order valence-electron chi connectivity index (χ3n) is 3.27. The second kappa shape index (κ2) is 5.17. The average Bonchev–Trinajstić information content (AvgIpc) is 2.28. The highest BCUT2D eigenvalue weighted by atomic mass is 16.4. The third kappa shape index (κ3) is 3.19. The molecule has 0 atom stereocenters. The van der Waals surface area contributed by atoms with Gasteiger partial charge >= 0.3 is 5.97 Å². The first-order chi connectivity index (χ1) is 7.91. The molecular weight excluding hydrogens is 216 g/mol. The summed E-state index contributed by atoms with van der Waals surface area (Å²) in [5, 5.41) is 12.4. The first-order valence-electron chi connectivity index (χ1n) is 5.90. The molecule has 2 N–H and O–H groups in total. The van der Waals surface area contributed by atoms with Crippen molar-refractivity contribution in [1.82, 2.24) is 4.98 Å². The molecule has 0 aliphatic heterocycles. The number of rotatable bonds is 5. The van der Waals surface area contributed by atoms with E-state index >= 15 is 0 Å². The molecule has 1 heterocycles. The van der Waals surface area contributed by atoms with Crippen molar-refractivity contribution < 1.29 is 9.90 Å². The number of aromatic carboxylic acids is 1. The van der Waals surface area contributed by atoms with E-state index in [2.05, 4.69) is 31.1 Å². The molecule has 0 aliphatic rings. The van der Waals surface area contributed by atoms with Crippen LogP contribution in [-0.4, -0.2) is 21.6 Å². The van der Waals surface area contributed by atoms with E-state index < -0.39 is 5.97 Å². The van der Waals surface area contributed by atoms with Crippen LogP contribution in [0.5, 0.6) is 0 Å². The first-order valence-corrected chi connectivity index (χ1v) is 5.90. The topological polar surface area (TPSA) is 62.2 Å². The van der Waals surface area contributed by atoms with Gasteiger partial charge in [-0.2, -0.15) is 0 Å². The highest BCUT2D eigenvalue weighted by Crippen LogP contribution is 2.24. The van der Waals surface area contributed by atoms with Crippen LogP contribution in [0.25, 0.3) is 0 Å². The molecular formula is C13H20N2O2. The Morgan fingerprint density at radius 3 is 2.53 bits per heavy atom. The van der Waals surface area contributed by atoms with Crippen molar-refractivity contribution in [2.75, 3.05) is 5.32 Å². The Bertz CT molecular complexity index is 412. The number of pyridine rings is 1. The van der Waals surface area contributed by atoms with Gasteiger partial charge in [0.15, 0.2) is 0 Å². The van der Waals surface area contributed by atoms with Crippen LogP contribution in [-0.2, 0) is 0 Å². The minimum atomic E-state index is -0.949. The van der Waals surface area contributed by atoms with E-state index in [0.29, 0.717) is 5.69 Å². The lowest BCUT2D eigenvalue weighted by Gasteiger charge is -2.30.